The fourth-order valence-corrected chi connectivity index (χ4v) is 1.93. The van der Waals surface area contributed by atoms with Crippen LogP contribution >= 0.6 is 11.5 Å². The number of hydrogen-bond acceptors (Lipinski definition) is 4. The van der Waals surface area contributed by atoms with Gasteiger partial charge in [-0.2, -0.15) is 0 Å². The zero-order valence-electron chi connectivity index (χ0n) is 8.61. The molecular weight excluding hydrogens is 194 g/mol. The third-order valence-corrected chi connectivity index (χ3v) is 2.52. The Balaban J connectivity index is 2.35. The molecule has 74 valence electrons. The zero-order chi connectivity index (χ0) is 10.2. The van der Waals surface area contributed by atoms with E-state index in [4.69, 9.17) is 0 Å². The first kappa shape index (κ1) is 9.52. The van der Waals surface area contributed by atoms with E-state index in [2.05, 4.69) is 35.3 Å². The summed E-state index contributed by atoms with van der Waals surface area (Å²) in [5.74, 6) is 0. The first-order valence-corrected chi connectivity index (χ1v) is 5.40. The molecular formula is C10H13N3S. The average molecular weight is 207 g/mol. The lowest BCUT2D eigenvalue weighted by Crippen LogP contribution is -2.10. The summed E-state index contributed by atoms with van der Waals surface area (Å²) >= 11 is 1.36. The SMILES string of the molecule is CC(C)(C)Cc1ccc2nnsc2n1. The van der Waals surface area contributed by atoms with Gasteiger partial charge >= 0.3 is 0 Å². The summed E-state index contributed by atoms with van der Waals surface area (Å²) in [5, 5.41) is 3.96. The second kappa shape index (κ2) is 3.28. The molecule has 0 unspecified atom stereocenters. The standard InChI is InChI=1S/C10H13N3S/c1-10(2,3)6-7-4-5-8-9(11-7)14-13-12-8/h4-5H,6H2,1-3H3. The van der Waals surface area contributed by atoms with Gasteiger partial charge in [0.05, 0.1) is 0 Å². The van der Waals surface area contributed by atoms with Crippen molar-refractivity contribution in [1.82, 2.24) is 14.6 Å². The number of pyridine rings is 1. The highest BCUT2D eigenvalue weighted by Crippen LogP contribution is 2.21. The summed E-state index contributed by atoms with van der Waals surface area (Å²) in [6, 6.07) is 4.03. The van der Waals surface area contributed by atoms with E-state index in [-0.39, 0.29) is 5.41 Å². The van der Waals surface area contributed by atoms with Crippen molar-refractivity contribution >= 4 is 21.9 Å². The molecule has 0 atom stereocenters. The average Bonchev–Trinajstić information content (AvgIpc) is 2.47. The van der Waals surface area contributed by atoms with Gasteiger partial charge in [-0.3, -0.25) is 0 Å². The molecule has 0 aliphatic carbocycles. The second-order valence-electron chi connectivity index (χ2n) is 4.64. The van der Waals surface area contributed by atoms with Crippen LogP contribution in [0.5, 0.6) is 0 Å². The molecule has 2 aromatic heterocycles. The molecule has 3 nitrogen and oxygen atoms in total. The first-order chi connectivity index (χ1) is 6.54. The lowest BCUT2D eigenvalue weighted by Gasteiger charge is -2.16. The molecule has 0 bridgehead atoms. The van der Waals surface area contributed by atoms with Crippen LogP contribution in [0.3, 0.4) is 0 Å². The van der Waals surface area contributed by atoms with E-state index in [9.17, 15) is 0 Å². The van der Waals surface area contributed by atoms with E-state index in [1.54, 1.807) is 0 Å². The minimum Gasteiger partial charge on any atom is -0.239 e. The van der Waals surface area contributed by atoms with Crippen molar-refractivity contribution in [2.24, 2.45) is 5.41 Å². The molecule has 2 heterocycles. The Hall–Kier alpha value is -1.03. The largest absolute Gasteiger partial charge is 0.239 e. The van der Waals surface area contributed by atoms with E-state index >= 15 is 0 Å². The van der Waals surface area contributed by atoms with Gasteiger partial charge in [0, 0.05) is 17.2 Å². The highest BCUT2D eigenvalue weighted by molar-refractivity contribution is 7.12. The predicted molar refractivity (Wildman–Crippen MR) is 58.4 cm³/mol. The lowest BCUT2D eigenvalue weighted by atomic mass is 9.90. The predicted octanol–water partition coefficient (Wildman–Crippen LogP) is 2.67. The Morgan fingerprint density at radius 3 is 2.79 bits per heavy atom. The molecule has 0 N–H and O–H groups in total. The highest BCUT2D eigenvalue weighted by Gasteiger charge is 2.12. The summed E-state index contributed by atoms with van der Waals surface area (Å²) in [6.45, 7) is 6.64. The van der Waals surface area contributed by atoms with Crippen LogP contribution < -0.4 is 0 Å². The lowest BCUT2D eigenvalue weighted by molar-refractivity contribution is 0.407. The number of hydrogen-bond donors (Lipinski definition) is 0. The molecule has 2 aromatic rings. The van der Waals surface area contributed by atoms with Crippen LogP contribution in [0.4, 0.5) is 0 Å². The third-order valence-electron chi connectivity index (χ3n) is 1.89. The monoisotopic (exact) mass is 207 g/mol. The van der Waals surface area contributed by atoms with E-state index in [1.165, 1.54) is 11.5 Å². The van der Waals surface area contributed by atoms with Gasteiger partial charge in [0.2, 0.25) is 0 Å². The topological polar surface area (TPSA) is 38.7 Å². The molecule has 0 aromatic carbocycles. The molecule has 0 aliphatic rings. The number of aromatic nitrogens is 3. The summed E-state index contributed by atoms with van der Waals surface area (Å²) in [6.07, 6.45) is 0.987. The van der Waals surface area contributed by atoms with Gasteiger partial charge < -0.3 is 0 Å². The van der Waals surface area contributed by atoms with Crippen LogP contribution in [0.25, 0.3) is 10.3 Å². The van der Waals surface area contributed by atoms with Gasteiger partial charge in [-0.15, -0.1) is 5.10 Å². The quantitative estimate of drug-likeness (QED) is 0.721. The number of fused-ring (bicyclic) bond motifs is 1. The summed E-state index contributed by atoms with van der Waals surface area (Å²) in [5.41, 5.74) is 2.29. The molecule has 2 rings (SSSR count). The minimum atomic E-state index is 0.277. The molecule has 0 saturated carbocycles. The van der Waals surface area contributed by atoms with Crippen molar-refractivity contribution in [3.63, 3.8) is 0 Å². The fraction of sp³-hybridized carbons (Fsp3) is 0.500. The van der Waals surface area contributed by atoms with Crippen LogP contribution in [0.1, 0.15) is 26.5 Å². The highest BCUT2D eigenvalue weighted by atomic mass is 32.1. The molecule has 4 heteroatoms. The Kier molecular flexibility index (Phi) is 2.23. The molecule has 14 heavy (non-hydrogen) atoms. The smallest absolute Gasteiger partial charge is 0.164 e. The first-order valence-electron chi connectivity index (χ1n) is 4.63. The van der Waals surface area contributed by atoms with Crippen molar-refractivity contribution < 1.29 is 0 Å². The van der Waals surface area contributed by atoms with Gasteiger partial charge in [0.25, 0.3) is 0 Å². The van der Waals surface area contributed by atoms with E-state index in [0.717, 1.165) is 22.5 Å². The van der Waals surface area contributed by atoms with Gasteiger partial charge in [-0.25, -0.2) is 4.98 Å². The van der Waals surface area contributed by atoms with Crippen molar-refractivity contribution in [3.05, 3.63) is 17.8 Å². The van der Waals surface area contributed by atoms with Crippen molar-refractivity contribution in [1.29, 1.82) is 0 Å². The minimum absolute atomic E-state index is 0.277. The maximum absolute atomic E-state index is 4.51. The van der Waals surface area contributed by atoms with E-state index in [0.29, 0.717) is 0 Å². The molecule has 0 saturated heterocycles. The Bertz CT molecular complexity index is 442. The van der Waals surface area contributed by atoms with Crippen molar-refractivity contribution in [3.8, 4) is 0 Å². The van der Waals surface area contributed by atoms with Crippen molar-refractivity contribution in [2.45, 2.75) is 27.2 Å². The van der Waals surface area contributed by atoms with Gasteiger partial charge in [-0.1, -0.05) is 25.3 Å². The maximum atomic E-state index is 4.51. The van der Waals surface area contributed by atoms with Crippen molar-refractivity contribution in [2.75, 3.05) is 0 Å². The van der Waals surface area contributed by atoms with Crippen LogP contribution in [0.15, 0.2) is 12.1 Å². The molecule has 0 amide bonds. The Morgan fingerprint density at radius 2 is 2.07 bits per heavy atom. The van der Waals surface area contributed by atoms with Gasteiger partial charge in [0.1, 0.15) is 5.52 Å². The van der Waals surface area contributed by atoms with Crippen LogP contribution in [-0.4, -0.2) is 14.6 Å². The number of rotatable bonds is 1. The number of nitrogens with zero attached hydrogens (tertiary/aromatic N) is 3. The third kappa shape index (κ3) is 2.07. The maximum Gasteiger partial charge on any atom is 0.164 e. The Labute approximate surface area is 87.3 Å². The van der Waals surface area contributed by atoms with Gasteiger partial charge in [-0.05, 0) is 24.0 Å². The summed E-state index contributed by atoms with van der Waals surface area (Å²) < 4.78 is 3.87. The normalized spacial score (nSPS) is 12.2. The van der Waals surface area contributed by atoms with Crippen LogP contribution in [0, 0.1) is 5.41 Å². The van der Waals surface area contributed by atoms with E-state index < -0.39 is 0 Å². The molecule has 0 fully saturated rings. The molecule has 0 radical (unpaired) electrons. The van der Waals surface area contributed by atoms with Crippen LogP contribution in [0.2, 0.25) is 0 Å². The second-order valence-corrected chi connectivity index (χ2v) is 5.37. The molecule has 0 aliphatic heterocycles. The van der Waals surface area contributed by atoms with Crippen LogP contribution in [-0.2, 0) is 6.42 Å². The van der Waals surface area contributed by atoms with Gasteiger partial charge in [0.15, 0.2) is 4.83 Å². The summed E-state index contributed by atoms with van der Waals surface area (Å²) in [7, 11) is 0. The fourth-order valence-electron chi connectivity index (χ4n) is 1.36. The Morgan fingerprint density at radius 1 is 1.29 bits per heavy atom. The molecule has 0 spiro atoms. The zero-order valence-corrected chi connectivity index (χ0v) is 9.43. The summed E-state index contributed by atoms with van der Waals surface area (Å²) in [4.78, 5) is 5.45. The van der Waals surface area contributed by atoms with E-state index in [1.807, 2.05) is 12.1 Å².